The van der Waals surface area contributed by atoms with Crippen LogP contribution < -0.4 is 5.32 Å². The van der Waals surface area contributed by atoms with Gasteiger partial charge in [-0.25, -0.2) is 4.79 Å². The first-order valence-corrected chi connectivity index (χ1v) is 6.70. The molecule has 4 heteroatoms. The molecule has 0 radical (unpaired) electrons. The fourth-order valence-corrected chi connectivity index (χ4v) is 1.87. The van der Waals surface area contributed by atoms with Crippen LogP contribution in [0.1, 0.15) is 33.6 Å². The van der Waals surface area contributed by atoms with Crippen LogP contribution >= 0.6 is 0 Å². The highest BCUT2D eigenvalue weighted by Gasteiger charge is 2.19. The number of likely N-dealkylation sites (tertiary alicyclic amines) is 1. The van der Waals surface area contributed by atoms with Crippen molar-refractivity contribution in [3.05, 3.63) is 0 Å². The molecule has 17 heavy (non-hydrogen) atoms. The Balaban J connectivity index is 2.05. The van der Waals surface area contributed by atoms with Gasteiger partial charge in [-0.05, 0) is 24.7 Å². The molecule has 100 valence electrons. The largest absolute Gasteiger partial charge is 0.379 e. The summed E-state index contributed by atoms with van der Waals surface area (Å²) < 4.78 is 5.42. The summed E-state index contributed by atoms with van der Waals surface area (Å²) in [6, 6.07) is 0.0602. The van der Waals surface area contributed by atoms with Gasteiger partial charge in [0.05, 0.1) is 6.61 Å². The van der Waals surface area contributed by atoms with E-state index in [4.69, 9.17) is 4.74 Å². The third-order valence-electron chi connectivity index (χ3n) is 3.04. The van der Waals surface area contributed by atoms with Crippen molar-refractivity contribution in [2.45, 2.75) is 33.6 Å². The van der Waals surface area contributed by atoms with E-state index in [0.29, 0.717) is 19.1 Å². The Bertz CT molecular complexity index is 223. The summed E-state index contributed by atoms with van der Waals surface area (Å²) in [4.78, 5) is 13.7. The molecule has 2 amide bonds. The number of urea groups is 1. The van der Waals surface area contributed by atoms with Crippen LogP contribution in [0.15, 0.2) is 0 Å². The summed E-state index contributed by atoms with van der Waals surface area (Å²) in [6.45, 7) is 10.2. The van der Waals surface area contributed by atoms with Gasteiger partial charge in [0.1, 0.15) is 0 Å². The van der Waals surface area contributed by atoms with Crippen molar-refractivity contribution >= 4 is 6.03 Å². The molecule has 0 saturated carbocycles. The van der Waals surface area contributed by atoms with Gasteiger partial charge in [-0.15, -0.1) is 0 Å². The number of amides is 2. The second kappa shape index (κ2) is 7.54. The van der Waals surface area contributed by atoms with Gasteiger partial charge >= 0.3 is 6.03 Å². The molecule has 1 fully saturated rings. The van der Waals surface area contributed by atoms with Crippen LogP contribution in [-0.4, -0.2) is 43.8 Å². The second-order valence-electron chi connectivity index (χ2n) is 5.37. The molecule has 1 N–H and O–H groups in total. The average Bonchev–Trinajstić information content (AvgIpc) is 2.29. The smallest absolute Gasteiger partial charge is 0.317 e. The maximum Gasteiger partial charge on any atom is 0.317 e. The Morgan fingerprint density at radius 3 is 2.65 bits per heavy atom. The zero-order valence-electron chi connectivity index (χ0n) is 11.4. The fraction of sp³-hybridized carbons (Fsp3) is 0.923. The van der Waals surface area contributed by atoms with Crippen molar-refractivity contribution < 1.29 is 9.53 Å². The number of ether oxygens (including phenoxy) is 1. The zero-order chi connectivity index (χ0) is 12.7. The van der Waals surface area contributed by atoms with Gasteiger partial charge in [-0.1, -0.05) is 20.8 Å². The van der Waals surface area contributed by atoms with Gasteiger partial charge < -0.3 is 15.0 Å². The molecule has 1 heterocycles. The lowest BCUT2D eigenvalue weighted by Crippen LogP contribution is -2.45. The molecule has 0 aromatic heterocycles. The topological polar surface area (TPSA) is 41.6 Å². The molecule has 1 aliphatic rings. The molecule has 0 aromatic rings. The third kappa shape index (κ3) is 5.91. The van der Waals surface area contributed by atoms with Crippen LogP contribution in [0.25, 0.3) is 0 Å². The molecule has 0 bridgehead atoms. The van der Waals surface area contributed by atoms with Gasteiger partial charge in [0.25, 0.3) is 0 Å². The Morgan fingerprint density at radius 2 is 2.06 bits per heavy atom. The van der Waals surface area contributed by atoms with E-state index < -0.39 is 0 Å². The number of hydrogen-bond donors (Lipinski definition) is 1. The van der Waals surface area contributed by atoms with E-state index in [1.807, 2.05) is 4.90 Å². The number of nitrogens with zero attached hydrogens (tertiary/aromatic N) is 1. The number of carbonyl (C=O) groups is 1. The number of nitrogens with one attached hydrogen (secondary N) is 1. The van der Waals surface area contributed by atoms with Crippen molar-refractivity contribution in [2.24, 2.45) is 11.8 Å². The summed E-state index contributed by atoms with van der Waals surface area (Å²) in [7, 11) is 0. The molecule has 1 saturated heterocycles. The van der Waals surface area contributed by atoms with Gasteiger partial charge in [0.15, 0.2) is 0 Å². The first kappa shape index (κ1) is 14.3. The minimum Gasteiger partial charge on any atom is -0.379 e. The van der Waals surface area contributed by atoms with Crippen LogP contribution in [0, 0.1) is 11.8 Å². The van der Waals surface area contributed by atoms with E-state index >= 15 is 0 Å². The minimum absolute atomic E-state index is 0.0602. The van der Waals surface area contributed by atoms with E-state index in [1.54, 1.807) is 0 Å². The van der Waals surface area contributed by atoms with E-state index in [0.717, 1.165) is 38.5 Å². The van der Waals surface area contributed by atoms with Gasteiger partial charge in [-0.2, -0.15) is 0 Å². The zero-order valence-corrected chi connectivity index (χ0v) is 11.4. The summed E-state index contributed by atoms with van der Waals surface area (Å²) in [5.41, 5.74) is 0. The van der Waals surface area contributed by atoms with Crippen LogP contribution in [-0.2, 0) is 4.74 Å². The summed E-state index contributed by atoms with van der Waals surface area (Å²) in [5.74, 6) is 1.31. The molecule has 0 unspecified atom stereocenters. The van der Waals surface area contributed by atoms with Crippen LogP contribution in [0.5, 0.6) is 0 Å². The van der Waals surface area contributed by atoms with E-state index in [9.17, 15) is 4.79 Å². The number of piperidine rings is 1. The molecule has 0 aliphatic carbocycles. The maximum absolute atomic E-state index is 11.8. The average molecular weight is 242 g/mol. The monoisotopic (exact) mass is 242 g/mol. The van der Waals surface area contributed by atoms with Gasteiger partial charge in [-0.3, -0.25) is 0 Å². The third-order valence-corrected chi connectivity index (χ3v) is 3.04. The summed E-state index contributed by atoms with van der Waals surface area (Å²) in [5, 5.41) is 2.90. The van der Waals surface area contributed by atoms with Crippen molar-refractivity contribution in [3.63, 3.8) is 0 Å². The first-order valence-electron chi connectivity index (χ1n) is 6.70. The van der Waals surface area contributed by atoms with Crippen LogP contribution in [0.2, 0.25) is 0 Å². The van der Waals surface area contributed by atoms with Crippen molar-refractivity contribution in [1.82, 2.24) is 10.2 Å². The Hall–Kier alpha value is -0.770. The fourth-order valence-electron chi connectivity index (χ4n) is 1.87. The molecule has 0 spiro atoms. The molecule has 0 atom stereocenters. The molecule has 1 aliphatic heterocycles. The predicted molar refractivity (Wildman–Crippen MR) is 69.0 cm³/mol. The second-order valence-corrected chi connectivity index (χ2v) is 5.37. The van der Waals surface area contributed by atoms with Crippen LogP contribution in [0.3, 0.4) is 0 Å². The minimum atomic E-state index is 0.0602. The van der Waals surface area contributed by atoms with Crippen molar-refractivity contribution in [2.75, 3.05) is 32.8 Å². The van der Waals surface area contributed by atoms with Crippen LogP contribution in [0.4, 0.5) is 4.79 Å². The van der Waals surface area contributed by atoms with E-state index in [1.165, 1.54) is 0 Å². The normalized spacial score (nSPS) is 17.5. The number of carbonyl (C=O) groups excluding carboxylic acids is 1. The Kier molecular flexibility index (Phi) is 6.34. The lowest BCUT2D eigenvalue weighted by Gasteiger charge is -2.30. The van der Waals surface area contributed by atoms with Crippen molar-refractivity contribution in [3.8, 4) is 0 Å². The van der Waals surface area contributed by atoms with E-state index in [-0.39, 0.29) is 6.03 Å². The van der Waals surface area contributed by atoms with E-state index in [2.05, 4.69) is 26.1 Å². The molecular formula is C13H26N2O2. The Labute approximate surface area is 105 Å². The molecule has 0 aromatic carbocycles. The molecule has 1 rings (SSSR count). The summed E-state index contributed by atoms with van der Waals surface area (Å²) in [6.07, 6.45) is 2.24. The Morgan fingerprint density at radius 1 is 1.41 bits per heavy atom. The standard InChI is InChI=1S/C13H26N2O2/c1-11(2)10-17-9-6-14-13(16)15-7-4-12(3)5-8-15/h11-12H,4-10H2,1-3H3,(H,14,16). The van der Waals surface area contributed by atoms with Gasteiger partial charge in [0, 0.05) is 26.2 Å². The molecule has 4 nitrogen and oxygen atoms in total. The van der Waals surface area contributed by atoms with Gasteiger partial charge in [0.2, 0.25) is 0 Å². The highest BCUT2D eigenvalue weighted by molar-refractivity contribution is 5.74. The summed E-state index contributed by atoms with van der Waals surface area (Å²) >= 11 is 0. The number of hydrogen-bond acceptors (Lipinski definition) is 2. The number of rotatable bonds is 5. The molecular weight excluding hydrogens is 216 g/mol. The highest BCUT2D eigenvalue weighted by Crippen LogP contribution is 2.15. The lowest BCUT2D eigenvalue weighted by molar-refractivity contribution is 0.110. The lowest BCUT2D eigenvalue weighted by atomic mass is 10.00. The highest BCUT2D eigenvalue weighted by atomic mass is 16.5. The van der Waals surface area contributed by atoms with Crippen molar-refractivity contribution in [1.29, 1.82) is 0 Å². The SMILES string of the molecule is CC(C)COCCNC(=O)N1CCC(C)CC1. The maximum atomic E-state index is 11.8. The first-order chi connectivity index (χ1) is 8.09. The quantitative estimate of drug-likeness (QED) is 0.750. The predicted octanol–water partition coefficient (Wildman–Crippen LogP) is 2.10.